The van der Waals surface area contributed by atoms with E-state index in [1.807, 2.05) is 12.1 Å². The molecule has 2 aliphatic rings. The normalized spacial score (nSPS) is 19.0. The lowest BCUT2D eigenvalue weighted by Crippen LogP contribution is -2.56. The highest BCUT2D eigenvalue weighted by Gasteiger charge is 2.37. The van der Waals surface area contributed by atoms with Gasteiger partial charge in [0.25, 0.3) is 0 Å². The van der Waals surface area contributed by atoms with Gasteiger partial charge in [-0.2, -0.15) is 5.10 Å². The summed E-state index contributed by atoms with van der Waals surface area (Å²) in [4.78, 5) is 32.7. The van der Waals surface area contributed by atoms with E-state index in [0.29, 0.717) is 19.6 Å². The number of aromatic amines is 1. The average molecular weight is 339 g/mol. The molecular formula is C18H21N5O2. The van der Waals surface area contributed by atoms with Gasteiger partial charge in [-0.1, -0.05) is 18.9 Å². The van der Waals surface area contributed by atoms with E-state index in [4.69, 9.17) is 0 Å². The van der Waals surface area contributed by atoms with Crippen molar-refractivity contribution in [2.24, 2.45) is 0 Å². The minimum Gasteiger partial charge on any atom is -0.330 e. The quantitative estimate of drug-likeness (QED) is 0.858. The van der Waals surface area contributed by atoms with Crippen molar-refractivity contribution in [2.75, 3.05) is 13.1 Å². The molecule has 0 spiro atoms. The van der Waals surface area contributed by atoms with Gasteiger partial charge in [0.1, 0.15) is 0 Å². The van der Waals surface area contributed by atoms with Crippen LogP contribution in [0.5, 0.6) is 0 Å². The van der Waals surface area contributed by atoms with Crippen LogP contribution in [0, 0.1) is 0 Å². The third-order valence-electron chi connectivity index (χ3n) is 5.10. The predicted molar refractivity (Wildman–Crippen MR) is 91.2 cm³/mol. The van der Waals surface area contributed by atoms with Gasteiger partial charge in [-0.15, -0.1) is 0 Å². The standard InChI is InChI=1S/C18H21N5O2/c24-17-18(25)23(15-3-1-2-4-15)8-7-22(17)12-13-5-6-16(19-9-13)14-10-20-21-11-14/h5-6,9-11,15H,1-4,7-8,12H2,(H,20,21). The van der Waals surface area contributed by atoms with E-state index in [0.717, 1.165) is 42.5 Å². The first kappa shape index (κ1) is 15.8. The number of carbonyl (C=O) groups is 2. The summed E-state index contributed by atoms with van der Waals surface area (Å²) < 4.78 is 0. The highest BCUT2D eigenvalue weighted by atomic mass is 16.2. The molecule has 1 aliphatic carbocycles. The number of piperazine rings is 1. The average Bonchev–Trinajstić information content (AvgIpc) is 3.33. The fourth-order valence-corrected chi connectivity index (χ4v) is 3.70. The van der Waals surface area contributed by atoms with Gasteiger partial charge in [0.2, 0.25) is 0 Å². The first-order valence-corrected chi connectivity index (χ1v) is 8.76. The molecule has 130 valence electrons. The number of pyridine rings is 1. The highest BCUT2D eigenvalue weighted by molar-refractivity contribution is 6.35. The molecule has 7 heteroatoms. The lowest BCUT2D eigenvalue weighted by atomic mass is 10.1. The van der Waals surface area contributed by atoms with E-state index in [2.05, 4.69) is 15.2 Å². The topological polar surface area (TPSA) is 82.2 Å². The number of rotatable bonds is 4. The maximum Gasteiger partial charge on any atom is 0.312 e. The zero-order chi connectivity index (χ0) is 17.2. The largest absolute Gasteiger partial charge is 0.330 e. The Morgan fingerprint density at radius 2 is 1.92 bits per heavy atom. The number of hydrogen-bond acceptors (Lipinski definition) is 4. The summed E-state index contributed by atoms with van der Waals surface area (Å²) in [5, 5.41) is 6.67. The minimum atomic E-state index is -0.392. The molecule has 3 heterocycles. The first-order valence-electron chi connectivity index (χ1n) is 8.76. The Morgan fingerprint density at radius 1 is 1.08 bits per heavy atom. The molecule has 1 saturated heterocycles. The van der Waals surface area contributed by atoms with Crippen LogP contribution in [-0.4, -0.2) is 55.9 Å². The first-order chi connectivity index (χ1) is 12.2. The van der Waals surface area contributed by atoms with Crippen molar-refractivity contribution in [1.29, 1.82) is 0 Å². The van der Waals surface area contributed by atoms with Crippen LogP contribution >= 0.6 is 0 Å². The van der Waals surface area contributed by atoms with Crippen molar-refractivity contribution >= 4 is 11.8 Å². The van der Waals surface area contributed by atoms with Crippen LogP contribution in [0.2, 0.25) is 0 Å². The van der Waals surface area contributed by atoms with Gasteiger partial charge >= 0.3 is 11.8 Å². The van der Waals surface area contributed by atoms with Gasteiger partial charge in [0.05, 0.1) is 11.9 Å². The molecule has 0 atom stereocenters. The molecule has 2 fully saturated rings. The maximum absolute atomic E-state index is 12.5. The smallest absolute Gasteiger partial charge is 0.312 e. The van der Waals surface area contributed by atoms with E-state index in [-0.39, 0.29) is 11.9 Å². The number of carbonyl (C=O) groups excluding carboxylic acids is 2. The Labute approximate surface area is 146 Å². The number of aromatic nitrogens is 3. The molecule has 1 saturated carbocycles. The molecule has 0 aromatic carbocycles. The molecule has 0 radical (unpaired) electrons. The Balaban J connectivity index is 1.41. The number of H-pyrrole nitrogens is 1. The van der Waals surface area contributed by atoms with Crippen LogP contribution in [-0.2, 0) is 16.1 Å². The second-order valence-electron chi connectivity index (χ2n) is 6.70. The lowest BCUT2D eigenvalue weighted by Gasteiger charge is -2.37. The van der Waals surface area contributed by atoms with Crippen molar-refractivity contribution in [2.45, 2.75) is 38.3 Å². The Hall–Kier alpha value is -2.70. The summed E-state index contributed by atoms with van der Waals surface area (Å²) in [6.07, 6.45) is 9.61. The van der Waals surface area contributed by atoms with Crippen LogP contribution in [0.3, 0.4) is 0 Å². The van der Waals surface area contributed by atoms with E-state index >= 15 is 0 Å². The number of amides is 2. The third-order valence-corrected chi connectivity index (χ3v) is 5.10. The van der Waals surface area contributed by atoms with Gasteiger partial charge < -0.3 is 9.80 Å². The third kappa shape index (κ3) is 3.14. The van der Waals surface area contributed by atoms with Gasteiger partial charge in [-0.05, 0) is 24.5 Å². The molecule has 1 aliphatic heterocycles. The maximum atomic E-state index is 12.5. The molecule has 2 amide bonds. The monoisotopic (exact) mass is 339 g/mol. The van der Waals surface area contributed by atoms with Crippen LogP contribution in [0.4, 0.5) is 0 Å². The summed E-state index contributed by atoms with van der Waals surface area (Å²) in [7, 11) is 0. The van der Waals surface area contributed by atoms with Crippen molar-refractivity contribution in [3.8, 4) is 11.3 Å². The zero-order valence-corrected chi connectivity index (χ0v) is 14.0. The second kappa shape index (κ2) is 6.66. The van der Waals surface area contributed by atoms with Gasteiger partial charge in [-0.25, -0.2) is 0 Å². The Kier molecular flexibility index (Phi) is 4.21. The number of nitrogens with zero attached hydrogens (tertiary/aromatic N) is 4. The predicted octanol–water partition coefficient (Wildman–Crippen LogP) is 1.59. The molecule has 2 aromatic rings. The van der Waals surface area contributed by atoms with Crippen LogP contribution in [0.25, 0.3) is 11.3 Å². The van der Waals surface area contributed by atoms with E-state index in [1.165, 1.54) is 0 Å². The van der Waals surface area contributed by atoms with Crippen LogP contribution in [0.1, 0.15) is 31.2 Å². The lowest BCUT2D eigenvalue weighted by molar-refractivity contribution is -0.158. The fraction of sp³-hybridized carbons (Fsp3) is 0.444. The summed E-state index contributed by atoms with van der Waals surface area (Å²) in [5.41, 5.74) is 2.66. The van der Waals surface area contributed by atoms with Gasteiger partial charge in [0, 0.05) is 43.6 Å². The second-order valence-corrected chi connectivity index (χ2v) is 6.70. The molecule has 4 rings (SSSR count). The molecule has 2 aromatic heterocycles. The Morgan fingerprint density at radius 3 is 2.60 bits per heavy atom. The molecule has 0 bridgehead atoms. The minimum absolute atomic E-state index is 0.259. The van der Waals surface area contributed by atoms with Gasteiger partial charge in [0.15, 0.2) is 0 Å². The molecule has 0 unspecified atom stereocenters. The molecule has 25 heavy (non-hydrogen) atoms. The van der Waals surface area contributed by atoms with E-state index in [9.17, 15) is 9.59 Å². The highest BCUT2D eigenvalue weighted by Crippen LogP contribution is 2.25. The number of hydrogen-bond donors (Lipinski definition) is 1. The summed E-state index contributed by atoms with van der Waals surface area (Å²) >= 11 is 0. The summed E-state index contributed by atoms with van der Waals surface area (Å²) in [5.74, 6) is -0.738. The molecule has 7 nitrogen and oxygen atoms in total. The van der Waals surface area contributed by atoms with Gasteiger partial charge in [-0.3, -0.25) is 19.7 Å². The summed E-state index contributed by atoms with van der Waals surface area (Å²) in [6.45, 7) is 1.64. The molecular weight excluding hydrogens is 318 g/mol. The summed E-state index contributed by atoms with van der Waals surface area (Å²) in [6, 6.07) is 4.10. The van der Waals surface area contributed by atoms with Crippen LogP contribution in [0.15, 0.2) is 30.7 Å². The van der Waals surface area contributed by atoms with Crippen LogP contribution < -0.4 is 0 Å². The van der Waals surface area contributed by atoms with E-state index < -0.39 is 5.91 Å². The van der Waals surface area contributed by atoms with Crippen molar-refractivity contribution in [3.63, 3.8) is 0 Å². The van der Waals surface area contributed by atoms with Crippen molar-refractivity contribution < 1.29 is 9.59 Å². The fourth-order valence-electron chi connectivity index (χ4n) is 3.70. The van der Waals surface area contributed by atoms with Crippen molar-refractivity contribution in [1.82, 2.24) is 25.0 Å². The van der Waals surface area contributed by atoms with E-state index in [1.54, 1.807) is 28.4 Å². The number of nitrogens with one attached hydrogen (secondary N) is 1. The molecule has 1 N–H and O–H groups in total. The Bertz CT molecular complexity index is 750. The van der Waals surface area contributed by atoms with Crippen molar-refractivity contribution in [3.05, 3.63) is 36.3 Å². The zero-order valence-electron chi connectivity index (χ0n) is 14.0. The SMILES string of the molecule is O=C1C(=O)N(C2CCCC2)CCN1Cc1ccc(-c2cn[nH]c2)nc1.